The molecule has 1 nitrogen and oxygen atoms in total. The van der Waals surface area contributed by atoms with Gasteiger partial charge in [-0.3, -0.25) is 0 Å². The van der Waals surface area contributed by atoms with Crippen LogP contribution < -0.4 is 0 Å². The van der Waals surface area contributed by atoms with Crippen LogP contribution in [0.25, 0.3) is 23.1 Å². The predicted octanol–water partition coefficient (Wildman–Crippen LogP) is 5.48. The lowest BCUT2D eigenvalue weighted by Crippen LogP contribution is -1.84. The fraction of sp³-hybridized carbons (Fsp3) is 0.0556. The number of hydrogen-bond acceptors (Lipinski definition) is 1. The van der Waals surface area contributed by atoms with Crippen molar-refractivity contribution in [3.63, 3.8) is 0 Å². The van der Waals surface area contributed by atoms with Crippen LogP contribution in [-0.4, -0.2) is 4.98 Å². The van der Waals surface area contributed by atoms with Crippen LogP contribution in [0.4, 0.5) is 0 Å². The first kappa shape index (κ1) is 13.1. The molecule has 0 aliphatic carbocycles. The first-order valence-corrected chi connectivity index (χ1v) is 7.32. The topological polar surface area (TPSA) is 12.9 Å². The lowest BCUT2D eigenvalue weighted by atomic mass is 10.1. The van der Waals surface area contributed by atoms with Crippen LogP contribution in [0.1, 0.15) is 16.8 Å². The standard InChI is InChI=1S/C18H14BrN/c1-13-6-11-18-15(12-13)8-10-16(20-18)9-7-14-4-2-3-5-17(14)19/h2-12H,1H3/b9-7+. The Morgan fingerprint density at radius 2 is 1.80 bits per heavy atom. The van der Waals surface area contributed by atoms with Gasteiger partial charge >= 0.3 is 0 Å². The Kier molecular flexibility index (Phi) is 3.66. The third-order valence-corrected chi connectivity index (χ3v) is 3.93. The Balaban J connectivity index is 1.95. The van der Waals surface area contributed by atoms with Gasteiger partial charge in [0.1, 0.15) is 0 Å². The molecule has 0 atom stereocenters. The summed E-state index contributed by atoms with van der Waals surface area (Å²) in [5, 5.41) is 1.18. The van der Waals surface area contributed by atoms with E-state index < -0.39 is 0 Å². The first-order chi connectivity index (χ1) is 9.72. The molecule has 0 N–H and O–H groups in total. The van der Waals surface area contributed by atoms with Gasteiger partial charge in [-0.15, -0.1) is 0 Å². The Morgan fingerprint density at radius 1 is 0.950 bits per heavy atom. The summed E-state index contributed by atoms with van der Waals surface area (Å²) >= 11 is 3.55. The average molecular weight is 324 g/mol. The highest BCUT2D eigenvalue weighted by atomic mass is 79.9. The minimum atomic E-state index is 0.970. The van der Waals surface area contributed by atoms with E-state index in [0.717, 1.165) is 21.2 Å². The second-order valence-electron chi connectivity index (χ2n) is 4.79. The van der Waals surface area contributed by atoms with Crippen LogP contribution in [0.3, 0.4) is 0 Å². The summed E-state index contributed by atoms with van der Waals surface area (Å²) in [6.07, 6.45) is 4.12. The number of halogens is 1. The maximum Gasteiger partial charge on any atom is 0.0709 e. The number of pyridine rings is 1. The predicted molar refractivity (Wildman–Crippen MR) is 89.6 cm³/mol. The molecule has 0 bridgehead atoms. The maximum atomic E-state index is 4.66. The van der Waals surface area contributed by atoms with Crippen molar-refractivity contribution >= 4 is 39.0 Å². The fourth-order valence-electron chi connectivity index (χ4n) is 2.14. The molecule has 0 unspecified atom stereocenters. The smallest absolute Gasteiger partial charge is 0.0709 e. The Hall–Kier alpha value is -1.93. The van der Waals surface area contributed by atoms with Crippen LogP contribution in [0.2, 0.25) is 0 Å². The Morgan fingerprint density at radius 3 is 2.65 bits per heavy atom. The van der Waals surface area contributed by atoms with E-state index in [2.05, 4.69) is 70.3 Å². The highest BCUT2D eigenvalue weighted by Crippen LogP contribution is 2.19. The molecule has 0 saturated carbocycles. The molecule has 20 heavy (non-hydrogen) atoms. The molecule has 2 aromatic carbocycles. The number of rotatable bonds is 2. The molecule has 3 aromatic rings. The molecule has 1 heterocycles. The molecule has 2 heteroatoms. The van der Waals surface area contributed by atoms with Gasteiger partial charge in [-0.25, -0.2) is 4.98 Å². The van der Waals surface area contributed by atoms with Gasteiger partial charge in [-0.1, -0.05) is 57.9 Å². The third-order valence-electron chi connectivity index (χ3n) is 3.21. The molecule has 0 fully saturated rings. The quantitative estimate of drug-likeness (QED) is 0.608. The van der Waals surface area contributed by atoms with Crippen molar-refractivity contribution < 1.29 is 0 Å². The normalized spacial score (nSPS) is 11.3. The molecule has 0 spiro atoms. The zero-order chi connectivity index (χ0) is 13.9. The van der Waals surface area contributed by atoms with E-state index in [4.69, 9.17) is 0 Å². The average Bonchev–Trinajstić information content (AvgIpc) is 2.46. The second-order valence-corrected chi connectivity index (χ2v) is 5.64. The van der Waals surface area contributed by atoms with Crippen LogP contribution >= 0.6 is 15.9 Å². The Labute approximate surface area is 127 Å². The molecule has 0 radical (unpaired) electrons. The zero-order valence-corrected chi connectivity index (χ0v) is 12.8. The first-order valence-electron chi connectivity index (χ1n) is 6.52. The summed E-state index contributed by atoms with van der Waals surface area (Å²) in [6.45, 7) is 2.10. The SMILES string of the molecule is Cc1ccc2nc(/C=C/c3ccccc3Br)ccc2c1. The summed E-state index contributed by atoms with van der Waals surface area (Å²) < 4.78 is 1.09. The third kappa shape index (κ3) is 2.81. The van der Waals surface area contributed by atoms with Gasteiger partial charge in [-0.05, 0) is 42.8 Å². The van der Waals surface area contributed by atoms with E-state index in [0.29, 0.717) is 0 Å². The second kappa shape index (κ2) is 5.59. The highest BCUT2D eigenvalue weighted by molar-refractivity contribution is 9.10. The van der Waals surface area contributed by atoms with Crippen molar-refractivity contribution in [3.05, 3.63) is 75.9 Å². The summed E-state index contributed by atoms with van der Waals surface area (Å²) in [7, 11) is 0. The summed E-state index contributed by atoms with van der Waals surface area (Å²) in [6, 6.07) is 18.6. The van der Waals surface area contributed by atoms with Crippen molar-refractivity contribution in [2.45, 2.75) is 6.92 Å². The van der Waals surface area contributed by atoms with E-state index in [1.54, 1.807) is 0 Å². The van der Waals surface area contributed by atoms with Gasteiger partial charge in [-0.2, -0.15) is 0 Å². The fourth-order valence-corrected chi connectivity index (χ4v) is 2.56. The van der Waals surface area contributed by atoms with E-state index in [1.165, 1.54) is 10.9 Å². The van der Waals surface area contributed by atoms with Crippen LogP contribution in [0.15, 0.2) is 59.1 Å². The van der Waals surface area contributed by atoms with Gasteiger partial charge in [0.25, 0.3) is 0 Å². The van der Waals surface area contributed by atoms with Crippen molar-refractivity contribution in [2.75, 3.05) is 0 Å². The number of aromatic nitrogens is 1. The number of nitrogens with zero attached hydrogens (tertiary/aromatic N) is 1. The monoisotopic (exact) mass is 323 g/mol. The minimum absolute atomic E-state index is 0.970. The van der Waals surface area contributed by atoms with Gasteiger partial charge in [0.2, 0.25) is 0 Å². The molecule has 0 amide bonds. The van der Waals surface area contributed by atoms with Gasteiger partial charge in [0, 0.05) is 9.86 Å². The molecule has 98 valence electrons. The molecule has 0 aliphatic rings. The lowest BCUT2D eigenvalue weighted by molar-refractivity contribution is 1.36. The van der Waals surface area contributed by atoms with Crippen molar-refractivity contribution in [2.24, 2.45) is 0 Å². The van der Waals surface area contributed by atoms with E-state index in [9.17, 15) is 0 Å². The Bertz CT molecular complexity index is 790. The number of fused-ring (bicyclic) bond motifs is 1. The lowest BCUT2D eigenvalue weighted by Gasteiger charge is -2.01. The van der Waals surface area contributed by atoms with E-state index >= 15 is 0 Å². The van der Waals surface area contributed by atoms with Crippen molar-refractivity contribution in [3.8, 4) is 0 Å². The van der Waals surface area contributed by atoms with E-state index in [-0.39, 0.29) is 0 Å². The van der Waals surface area contributed by atoms with Gasteiger partial charge < -0.3 is 0 Å². The van der Waals surface area contributed by atoms with Crippen molar-refractivity contribution in [1.29, 1.82) is 0 Å². The number of benzene rings is 2. The highest BCUT2D eigenvalue weighted by Gasteiger charge is 1.97. The van der Waals surface area contributed by atoms with E-state index in [1.807, 2.05) is 24.3 Å². The molecule has 3 rings (SSSR count). The summed E-state index contributed by atoms with van der Waals surface area (Å²) in [5.74, 6) is 0. The molecule has 1 aromatic heterocycles. The largest absolute Gasteiger partial charge is 0.248 e. The van der Waals surface area contributed by atoms with Crippen LogP contribution in [-0.2, 0) is 0 Å². The van der Waals surface area contributed by atoms with Crippen LogP contribution in [0.5, 0.6) is 0 Å². The van der Waals surface area contributed by atoms with Crippen molar-refractivity contribution in [1.82, 2.24) is 4.98 Å². The summed E-state index contributed by atoms with van der Waals surface area (Å²) in [5.41, 5.74) is 4.41. The number of hydrogen-bond donors (Lipinski definition) is 0. The molecular formula is C18H14BrN. The maximum absolute atomic E-state index is 4.66. The van der Waals surface area contributed by atoms with Gasteiger partial charge in [0.05, 0.1) is 11.2 Å². The minimum Gasteiger partial charge on any atom is -0.248 e. The molecule has 0 saturated heterocycles. The number of aryl methyl sites for hydroxylation is 1. The zero-order valence-electron chi connectivity index (χ0n) is 11.2. The van der Waals surface area contributed by atoms with Crippen LogP contribution in [0, 0.1) is 6.92 Å². The van der Waals surface area contributed by atoms with Gasteiger partial charge in [0.15, 0.2) is 0 Å². The molecule has 0 aliphatic heterocycles. The summed E-state index contributed by atoms with van der Waals surface area (Å²) in [4.78, 5) is 4.66. The molecular weight excluding hydrogens is 310 g/mol.